The first-order chi connectivity index (χ1) is 13.9. The van der Waals surface area contributed by atoms with Crippen molar-refractivity contribution in [1.29, 1.82) is 0 Å². The van der Waals surface area contributed by atoms with Gasteiger partial charge in [-0.25, -0.2) is 0 Å². The van der Waals surface area contributed by atoms with Crippen LogP contribution in [-0.4, -0.2) is 62.3 Å². The summed E-state index contributed by atoms with van der Waals surface area (Å²) in [6.07, 6.45) is 3.67. The average molecular weight is 399 g/mol. The predicted octanol–water partition coefficient (Wildman–Crippen LogP) is 4.13. The van der Waals surface area contributed by atoms with Crippen molar-refractivity contribution in [1.82, 2.24) is 9.80 Å². The lowest BCUT2D eigenvalue weighted by Crippen LogP contribution is -2.37. The molecule has 5 rings (SSSR count). The van der Waals surface area contributed by atoms with Crippen LogP contribution in [0.4, 0.5) is 0 Å². The van der Waals surface area contributed by atoms with E-state index in [4.69, 9.17) is 9.47 Å². The average Bonchev–Trinajstić information content (AvgIpc) is 3.43. The van der Waals surface area contributed by atoms with Gasteiger partial charge in [-0.2, -0.15) is 11.3 Å². The molecule has 4 nitrogen and oxygen atoms in total. The van der Waals surface area contributed by atoms with Crippen LogP contribution in [0.3, 0.4) is 0 Å². The number of hydrogen-bond donors (Lipinski definition) is 0. The molecule has 2 atom stereocenters. The third-order valence-electron chi connectivity index (χ3n) is 6.51. The Hall–Kier alpha value is -1.40. The Morgan fingerprint density at radius 3 is 2.89 bits per heavy atom. The molecule has 0 saturated carbocycles. The van der Waals surface area contributed by atoms with E-state index in [2.05, 4.69) is 44.8 Å². The van der Waals surface area contributed by atoms with Crippen molar-refractivity contribution in [3.05, 3.63) is 51.7 Å². The van der Waals surface area contributed by atoms with Crippen LogP contribution in [0.15, 0.2) is 35.0 Å². The largest absolute Gasteiger partial charge is 0.494 e. The second-order valence-electron chi connectivity index (χ2n) is 8.21. The van der Waals surface area contributed by atoms with Crippen molar-refractivity contribution < 1.29 is 9.47 Å². The van der Waals surface area contributed by atoms with Gasteiger partial charge in [-0.05, 0) is 71.5 Å². The van der Waals surface area contributed by atoms with Crippen LogP contribution in [0.2, 0.25) is 0 Å². The summed E-state index contributed by atoms with van der Waals surface area (Å²) in [5.74, 6) is 1.55. The van der Waals surface area contributed by atoms with E-state index in [1.165, 1.54) is 36.1 Å². The topological polar surface area (TPSA) is 24.9 Å². The highest BCUT2D eigenvalue weighted by Crippen LogP contribution is 2.45. The summed E-state index contributed by atoms with van der Waals surface area (Å²) in [5.41, 5.74) is 4.49. The molecule has 0 radical (unpaired) electrons. The van der Waals surface area contributed by atoms with Crippen LogP contribution in [0, 0.1) is 0 Å². The van der Waals surface area contributed by atoms with Crippen LogP contribution < -0.4 is 4.74 Å². The molecule has 4 heterocycles. The minimum atomic E-state index is 0.506. The number of hydrogen-bond acceptors (Lipinski definition) is 5. The number of fused-ring (bicyclic) bond motifs is 3. The van der Waals surface area contributed by atoms with Gasteiger partial charge < -0.3 is 9.47 Å². The van der Waals surface area contributed by atoms with Gasteiger partial charge in [-0.1, -0.05) is 6.07 Å². The van der Waals surface area contributed by atoms with Gasteiger partial charge in [0, 0.05) is 38.1 Å². The Morgan fingerprint density at radius 2 is 2.04 bits per heavy atom. The monoisotopic (exact) mass is 398 g/mol. The zero-order chi connectivity index (χ0) is 18.8. The van der Waals surface area contributed by atoms with E-state index in [1.54, 1.807) is 11.3 Å². The van der Waals surface area contributed by atoms with E-state index >= 15 is 0 Å². The van der Waals surface area contributed by atoms with Crippen molar-refractivity contribution in [3.63, 3.8) is 0 Å². The second-order valence-corrected chi connectivity index (χ2v) is 8.99. The lowest BCUT2D eigenvalue weighted by atomic mass is 9.82. The molecular weight excluding hydrogens is 368 g/mol. The van der Waals surface area contributed by atoms with Crippen molar-refractivity contribution in [2.24, 2.45) is 0 Å². The maximum Gasteiger partial charge on any atom is 0.119 e. The normalized spacial score (nSPS) is 25.4. The van der Waals surface area contributed by atoms with Gasteiger partial charge in [0.2, 0.25) is 0 Å². The quantitative estimate of drug-likeness (QED) is 0.683. The summed E-state index contributed by atoms with van der Waals surface area (Å²) in [7, 11) is 0. The van der Waals surface area contributed by atoms with E-state index in [0.29, 0.717) is 12.0 Å². The summed E-state index contributed by atoms with van der Waals surface area (Å²) in [6.45, 7) is 8.14. The van der Waals surface area contributed by atoms with Crippen molar-refractivity contribution in [2.45, 2.75) is 31.2 Å². The molecule has 0 aliphatic carbocycles. The third-order valence-corrected chi connectivity index (χ3v) is 7.21. The minimum absolute atomic E-state index is 0.506. The van der Waals surface area contributed by atoms with Crippen LogP contribution >= 0.6 is 11.3 Å². The summed E-state index contributed by atoms with van der Waals surface area (Å²) >= 11 is 1.81. The molecule has 150 valence electrons. The molecular formula is C23H30N2O2S. The van der Waals surface area contributed by atoms with Gasteiger partial charge in [-0.3, -0.25) is 9.80 Å². The highest BCUT2D eigenvalue weighted by molar-refractivity contribution is 7.08. The first-order valence-corrected chi connectivity index (χ1v) is 11.7. The van der Waals surface area contributed by atoms with Crippen molar-refractivity contribution in [2.75, 3.05) is 52.5 Å². The lowest BCUT2D eigenvalue weighted by molar-refractivity contribution is 0.0358. The molecule has 1 aromatic carbocycles. The van der Waals surface area contributed by atoms with E-state index in [1.807, 2.05) is 0 Å². The smallest absolute Gasteiger partial charge is 0.119 e. The van der Waals surface area contributed by atoms with E-state index in [9.17, 15) is 0 Å². The number of ether oxygens (including phenoxy) is 2. The van der Waals surface area contributed by atoms with Gasteiger partial charge in [0.1, 0.15) is 5.75 Å². The first kappa shape index (κ1) is 18.6. The van der Waals surface area contributed by atoms with E-state index in [0.717, 1.165) is 58.2 Å². The Morgan fingerprint density at radius 1 is 1.11 bits per heavy atom. The van der Waals surface area contributed by atoms with Gasteiger partial charge >= 0.3 is 0 Å². The van der Waals surface area contributed by atoms with Crippen LogP contribution in [0.1, 0.15) is 47.9 Å². The molecule has 0 unspecified atom stereocenters. The maximum absolute atomic E-state index is 6.16. The molecule has 2 fully saturated rings. The van der Waals surface area contributed by atoms with Gasteiger partial charge in [0.15, 0.2) is 0 Å². The number of rotatable bonds is 6. The summed E-state index contributed by atoms with van der Waals surface area (Å²) < 4.78 is 11.6. The number of nitrogens with zero attached hydrogens (tertiary/aromatic N) is 2. The third kappa shape index (κ3) is 3.86. The highest BCUT2D eigenvalue weighted by Gasteiger charge is 2.36. The maximum atomic E-state index is 6.16. The van der Waals surface area contributed by atoms with E-state index in [-0.39, 0.29) is 0 Å². The van der Waals surface area contributed by atoms with Crippen LogP contribution in [-0.2, 0) is 4.74 Å². The molecule has 5 heteroatoms. The molecule has 3 aliphatic rings. The lowest BCUT2D eigenvalue weighted by Gasteiger charge is -2.37. The van der Waals surface area contributed by atoms with E-state index < -0.39 is 0 Å². The predicted molar refractivity (Wildman–Crippen MR) is 114 cm³/mol. The SMILES string of the molecule is c1cc([C@H]2CN3CCC[C@@H]3c3cc(OCCCN4CCOCC4)ccc32)cs1. The molecule has 28 heavy (non-hydrogen) atoms. The first-order valence-electron chi connectivity index (χ1n) is 10.7. The Bertz CT molecular complexity index is 773. The van der Waals surface area contributed by atoms with Crippen molar-refractivity contribution in [3.8, 4) is 5.75 Å². The molecule has 0 bridgehead atoms. The fourth-order valence-corrected chi connectivity index (χ4v) is 5.75. The van der Waals surface area contributed by atoms with Crippen LogP contribution in [0.25, 0.3) is 0 Å². The van der Waals surface area contributed by atoms with Gasteiger partial charge in [0.05, 0.1) is 19.8 Å². The summed E-state index contributed by atoms with van der Waals surface area (Å²) in [6, 6.07) is 9.75. The molecule has 0 amide bonds. The van der Waals surface area contributed by atoms with Crippen LogP contribution in [0.5, 0.6) is 5.75 Å². The van der Waals surface area contributed by atoms with Gasteiger partial charge in [-0.15, -0.1) is 0 Å². The number of thiophene rings is 1. The zero-order valence-electron chi connectivity index (χ0n) is 16.5. The molecule has 1 aromatic heterocycles. The van der Waals surface area contributed by atoms with Gasteiger partial charge in [0.25, 0.3) is 0 Å². The molecule has 2 saturated heterocycles. The Balaban J connectivity index is 1.27. The Labute approximate surface area is 172 Å². The molecule has 0 spiro atoms. The van der Waals surface area contributed by atoms with Crippen molar-refractivity contribution >= 4 is 11.3 Å². The molecule has 0 N–H and O–H groups in total. The molecule has 3 aliphatic heterocycles. The fourth-order valence-electron chi connectivity index (χ4n) is 5.04. The fraction of sp³-hybridized carbons (Fsp3) is 0.565. The zero-order valence-corrected chi connectivity index (χ0v) is 17.3. The molecule has 2 aromatic rings. The second kappa shape index (κ2) is 8.54. The summed E-state index contributed by atoms with van der Waals surface area (Å²) in [4.78, 5) is 5.16. The number of benzene rings is 1. The number of morpholine rings is 1. The highest BCUT2D eigenvalue weighted by atomic mass is 32.1. The Kier molecular flexibility index (Phi) is 5.68. The minimum Gasteiger partial charge on any atom is -0.494 e. The standard InChI is InChI=1S/C23H30N2O2S/c1-3-23-21-15-19(27-11-2-7-24-9-12-26-13-10-24)4-5-20(21)22(16-25(23)8-1)18-6-14-28-17-18/h4-6,14-15,17,22-23H,1-3,7-13,16H2/t22-,23-/m1/s1. The summed E-state index contributed by atoms with van der Waals surface area (Å²) in [5, 5.41) is 4.53.